The molecule has 3 heteroatoms. The van der Waals surface area contributed by atoms with Crippen LogP contribution in [-0.2, 0) is 0 Å². The molecule has 1 atom stereocenters. The predicted octanol–water partition coefficient (Wildman–Crippen LogP) is 5.72. The average Bonchev–Trinajstić information content (AvgIpc) is 2.38. The largest absolute Gasteiger partial charge is 0.313 e. The lowest BCUT2D eigenvalue weighted by Crippen LogP contribution is -2.16. The van der Waals surface area contributed by atoms with E-state index < -0.39 is 0 Å². The lowest BCUT2D eigenvalue weighted by Gasteiger charge is -2.18. The fourth-order valence-corrected chi connectivity index (χ4v) is 2.84. The number of hydrogen-bond acceptors (Lipinski definition) is 1. The van der Waals surface area contributed by atoms with Crippen LogP contribution in [0.1, 0.15) is 57.1 Å². The molecule has 1 nitrogen and oxygen atoms in total. The Hall–Kier alpha value is -0.0500. The van der Waals surface area contributed by atoms with Crippen LogP contribution in [0.4, 0.5) is 0 Å². The van der Waals surface area contributed by atoms with Gasteiger partial charge in [0.1, 0.15) is 0 Å². The highest BCUT2D eigenvalue weighted by Gasteiger charge is 2.13. The van der Waals surface area contributed by atoms with Crippen LogP contribution in [0.2, 0.25) is 5.02 Å². The monoisotopic (exact) mass is 331 g/mol. The third kappa shape index (κ3) is 4.91. The molecule has 0 heterocycles. The summed E-state index contributed by atoms with van der Waals surface area (Å²) in [6, 6.07) is 6.50. The Bertz CT molecular complexity index is 354. The van der Waals surface area contributed by atoms with Crippen molar-refractivity contribution >= 4 is 27.5 Å². The number of unbranched alkanes of at least 4 members (excludes halogenated alkanes) is 4. The third-order valence-corrected chi connectivity index (χ3v) is 4.61. The first kappa shape index (κ1) is 16.0. The molecule has 0 aliphatic carbocycles. The van der Waals surface area contributed by atoms with Gasteiger partial charge in [0, 0.05) is 10.5 Å². The topological polar surface area (TPSA) is 12.0 Å². The van der Waals surface area contributed by atoms with E-state index >= 15 is 0 Å². The van der Waals surface area contributed by atoms with Crippen molar-refractivity contribution < 1.29 is 0 Å². The first-order valence-corrected chi connectivity index (χ1v) is 7.99. The van der Waals surface area contributed by atoms with E-state index in [9.17, 15) is 0 Å². The van der Waals surface area contributed by atoms with Crippen LogP contribution in [-0.4, -0.2) is 7.05 Å². The van der Waals surface area contributed by atoms with Crippen molar-refractivity contribution in [1.82, 2.24) is 5.32 Å². The van der Waals surface area contributed by atoms with Gasteiger partial charge < -0.3 is 5.32 Å². The summed E-state index contributed by atoms with van der Waals surface area (Å²) in [6.45, 7) is 2.25. The molecule has 0 bridgehead atoms. The maximum Gasteiger partial charge on any atom is 0.0595 e. The smallest absolute Gasteiger partial charge is 0.0595 e. The van der Waals surface area contributed by atoms with E-state index in [1.54, 1.807) is 0 Å². The van der Waals surface area contributed by atoms with Gasteiger partial charge in [-0.15, -0.1) is 0 Å². The summed E-state index contributed by atoms with van der Waals surface area (Å²) >= 11 is 9.83. The molecular formula is C15H23BrClN. The average molecular weight is 333 g/mol. The van der Waals surface area contributed by atoms with Crippen LogP contribution in [0.3, 0.4) is 0 Å². The Morgan fingerprint density at radius 3 is 2.61 bits per heavy atom. The van der Waals surface area contributed by atoms with Crippen molar-refractivity contribution in [2.75, 3.05) is 7.05 Å². The normalized spacial score (nSPS) is 12.7. The van der Waals surface area contributed by atoms with Gasteiger partial charge >= 0.3 is 0 Å². The van der Waals surface area contributed by atoms with Crippen molar-refractivity contribution in [3.8, 4) is 0 Å². The molecule has 1 N–H and O–H groups in total. The third-order valence-electron chi connectivity index (χ3n) is 3.30. The lowest BCUT2D eigenvalue weighted by atomic mass is 10.00. The number of nitrogens with one attached hydrogen (secondary N) is 1. The van der Waals surface area contributed by atoms with Gasteiger partial charge in [0.05, 0.1) is 5.02 Å². The molecule has 0 fully saturated rings. The summed E-state index contributed by atoms with van der Waals surface area (Å²) in [5.41, 5.74) is 1.20. The van der Waals surface area contributed by atoms with E-state index in [4.69, 9.17) is 11.6 Å². The molecule has 18 heavy (non-hydrogen) atoms. The standard InChI is InChI=1S/C15H23BrClN/c1-3-4-5-6-7-11-14(18-2)12-9-8-10-13(16)15(12)17/h8-10,14,18H,3-7,11H2,1-2H3. The van der Waals surface area contributed by atoms with Crippen LogP contribution in [0.25, 0.3) is 0 Å². The van der Waals surface area contributed by atoms with Gasteiger partial charge in [-0.25, -0.2) is 0 Å². The van der Waals surface area contributed by atoms with Crippen molar-refractivity contribution in [2.24, 2.45) is 0 Å². The second-order valence-electron chi connectivity index (χ2n) is 4.69. The SMILES string of the molecule is CCCCCCCC(NC)c1cccc(Br)c1Cl. The molecule has 0 amide bonds. The lowest BCUT2D eigenvalue weighted by molar-refractivity contribution is 0.501. The highest BCUT2D eigenvalue weighted by molar-refractivity contribution is 9.10. The zero-order valence-corrected chi connectivity index (χ0v) is 13.6. The molecule has 0 aliphatic rings. The van der Waals surface area contributed by atoms with Crippen LogP contribution in [0, 0.1) is 0 Å². The Morgan fingerprint density at radius 2 is 1.94 bits per heavy atom. The number of benzene rings is 1. The molecule has 1 unspecified atom stereocenters. The summed E-state index contributed by atoms with van der Waals surface area (Å²) in [6.07, 6.45) is 7.72. The number of hydrogen-bond donors (Lipinski definition) is 1. The first-order valence-electron chi connectivity index (χ1n) is 6.81. The van der Waals surface area contributed by atoms with Gasteiger partial charge in [0.15, 0.2) is 0 Å². The Labute approximate surface area is 124 Å². The maximum absolute atomic E-state index is 6.34. The van der Waals surface area contributed by atoms with E-state index in [0.717, 1.165) is 15.9 Å². The van der Waals surface area contributed by atoms with Gasteiger partial charge in [-0.3, -0.25) is 0 Å². The van der Waals surface area contributed by atoms with E-state index in [0.29, 0.717) is 6.04 Å². The molecule has 102 valence electrons. The fourth-order valence-electron chi connectivity index (χ4n) is 2.20. The zero-order chi connectivity index (χ0) is 13.4. The minimum Gasteiger partial charge on any atom is -0.313 e. The molecule has 1 aromatic carbocycles. The quantitative estimate of drug-likeness (QED) is 0.600. The van der Waals surface area contributed by atoms with Crippen molar-refractivity contribution in [3.05, 3.63) is 33.3 Å². The minimum atomic E-state index is 0.358. The molecule has 0 saturated heterocycles. The second-order valence-corrected chi connectivity index (χ2v) is 5.92. The van der Waals surface area contributed by atoms with Gasteiger partial charge in [-0.1, -0.05) is 62.8 Å². The second kappa shape index (κ2) is 8.95. The van der Waals surface area contributed by atoms with Gasteiger partial charge in [-0.05, 0) is 41.0 Å². The van der Waals surface area contributed by atoms with Gasteiger partial charge in [0.2, 0.25) is 0 Å². The van der Waals surface area contributed by atoms with Crippen LogP contribution < -0.4 is 5.32 Å². The first-order chi connectivity index (χ1) is 8.70. The highest BCUT2D eigenvalue weighted by Crippen LogP contribution is 2.32. The molecule has 0 saturated carbocycles. The summed E-state index contributed by atoms with van der Waals surface area (Å²) < 4.78 is 0.980. The Morgan fingerprint density at radius 1 is 1.22 bits per heavy atom. The molecule has 0 radical (unpaired) electrons. The molecule has 1 rings (SSSR count). The van der Waals surface area contributed by atoms with Gasteiger partial charge in [0.25, 0.3) is 0 Å². The fraction of sp³-hybridized carbons (Fsp3) is 0.600. The summed E-state index contributed by atoms with van der Waals surface area (Å²) in [7, 11) is 2.01. The van der Waals surface area contributed by atoms with Crippen molar-refractivity contribution in [3.63, 3.8) is 0 Å². The highest BCUT2D eigenvalue weighted by atomic mass is 79.9. The summed E-state index contributed by atoms with van der Waals surface area (Å²) in [5.74, 6) is 0. The van der Waals surface area contributed by atoms with Crippen LogP contribution >= 0.6 is 27.5 Å². The van der Waals surface area contributed by atoms with E-state index in [1.165, 1.54) is 37.7 Å². The molecule has 0 spiro atoms. The number of rotatable bonds is 8. The van der Waals surface area contributed by atoms with Crippen LogP contribution in [0.5, 0.6) is 0 Å². The number of halogens is 2. The van der Waals surface area contributed by atoms with E-state index in [1.807, 2.05) is 19.2 Å². The zero-order valence-electron chi connectivity index (χ0n) is 11.3. The summed E-state index contributed by atoms with van der Waals surface area (Å²) in [4.78, 5) is 0. The van der Waals surface area contributed by atoms with E-state index in [-0.39, 0.29) is 0 Å². The molecule has 0 aliphatic heterocycles. The molecular weight excluding hydrogens is 310 g/mol. The Balaban J connectivity index is 2.52. The van der Waals surface area contributed by atoms with Gasteiger partial charge in [-0.2, -0.15) is 0 Å². The molecule has 1 aromatic rings. The molecule has 0 aromatic heterocycles. The predicted molar refractivity (Wildman–Crippen MR) is 84.3 cm³/mol. The maximum atomic E-state index is 6.34. The van der Waals surface area contributed by atoms with E-state index in [2.05, 4.69) is 34.2 Å². The Kier molecular flexibility index (Phi) is 7.96. The van der Waals surface area contributed by atoms with Crippen molar-refractivity contribution in [1.29, 1.82) is 0 Å². The van der Waals surface area contributed by atoms with Crippen molar-refractivity contribution in [2.45, 2.75) is 51.5 Å². The van der Waals surface area contributed by atoms with Crippen LogP contribution in [0.15, 0.2) is 22.7 Å². The summed E-state index contributed by atoms with van der Waals surface area (Å²) in [5, 5.41) is 4.21. The minimum absolute atomic E-state index is 0.358.